The van der Waals surface area contributed by atoms with E-state index in [2.05, 4.69) is 31.1 Å². The number of hydrogen-bond donors (Lipinski definition) is 1. The van der Waals surface area contributed by atoms with Crippen LogP contribution in [0.3, 0.4) is 0 Å². The van der Waals surface area contributed by atoms with Crippen LogP contribution in [0.5, 0.6) is 0 Å². The average Bonchev–Trinajstić information content (AvgIpc) is 2.96. The molecule has 1 N–H and O–H groups in total. The van der Waals surface area contributed by atoms with Gasteiger partial charge in [0, 0.05) is 35.7 Å². The van der Waals surface area contributed by atoms with E-state index in [1.807, 2.05) is 6.07 Å². The molecule has 0 aliphatic carbocycles. The zero-order valence-electron chi connectivity index (χ0n) is 12.3. The molecule has 0 saturated carbocycles. The van der Waals surface area contributed by atoms with E-state index in [0.717, 1.165) is 29.7 Å². The molecule has 2 aromatic rings. The highest BCUT2D eigenvalue weighted by Crippen LogP contribution is 2.20. The molecular formula is C16H17BrClF2N3. The highest BCUT2D eigenvalue weighted by molar-refractivity contribution is 9.10. The number of pyridine rings is 1. The Kier molecular flexibility index (Phi) is 6.33. The van der Waals surface area contributed by atoms with Gasteiger partial charge in [-0.2, -0.15) is 4.39 Å². The van der Waals surface area contributed by atoms with Crippen LogP contribution in [-0.4, -0.2) is 24.1 Å². The van der Waals surface area contributed by atoms with Crippen molar-refractivity contribution in [3.05, 3.63) is 58.3 Å². The van der Waals surface area contributed by atoms with E-state index in [-0.39, 0.29) is 24.3 Å². The van der Waals surface area contributed by atoms with Crippen LogP contribution >= 0.6 is 28.3 Å². The highest BCUT2D eigenvalue weighted by atomic mass is 79.9. The third-order valence-electron chi connectivity index (χ3n) is 3.86. The molecule has 1 atom stereocenters. The van der Waals surface area contributed by atoms with Crippen LogP contribution in [0.15, 0.2) is 41.0 Å². The van der Waals surface area contributed by atoms with E-state index in [0.29, 0.717) is 12.1 Å². The second-order valence-electron chi connectivity index (χ2n) is 5.39. The first kappa shape index (κ1) is 18.1. The van der Waals surface area contributed by atoms with Crippen LogP contribution in [0, 0.1) is 11.8 Å². The summed E-state index contributed by atoms with van der Waals surface area (Å²) in [6, 6.07) is 8.48. The summed E-state index contributed by atoms with van der Waals surface area (Å²) in [5, 5.41) is 3.38. The normalized spacial score (nSPS) is 17.2. The molecule has 124 valence electrons. The molecular weight excluding hydrogens is 388 g/mol. The van der Waals surface area contributed by atoms with Crippen molar-refractivity contribution in [2.24, 2.45) is 0 Å². The van der Waals surface area contributed by atoms with Gasteiger partial charge in [-0.1, -0.05) is 22.0 Å². The Morgan fingerprint density at radius 3 is 2.78 bits per heavy atom. The summed E-state index contributed by atoms with van der Waals surface area (Å²) in [6.07, 6.45) is 2.52. The smallest absolute Gasteiger partial charge is 0.212 e. The summed E-state index contributed by atoms with van der Waals surface area (Å²) in [5.41, 5.74) is 1.57. The molecule has 0 bridgehead atoms. The molecule has 1 unspecified atom stereocenters. The number of nitrogens with zero attached hydrogens (tertiary/aromatic N) is 2. The molecule has 0 radical (unpaired) electrons. The lowest BCUT2D eigenvalue weighted by Crippen LogP contribution is -2.32. The molecule has 1 fully saturated rings. The summed E-state index contributed by atoms with van der Waals surface area (Å²) in [4.78, 5) is 5.83. The van der Waals surface area contributed by atoms with Gasteiger partial charge in [0.2, 0.25) is 5.95 Å². The maximum absolute atomic E-state index is 13.8. The molecule has 1 aromatic carbocycles. The number of rotatable bonds is 4. The first-order chi connectivity index (χ1) is 10.6. The first-order valence-electron chi connectivity index (χ1n) is 7.15. The monoisotopic (exact) mass is 403 g/mol. The fourth-order valence-electron chi connectivity index (χ4n) is 2.64. The Morgan fingerprint density at radius 1 is 1.26 bits per heavy atom. The molecule has 3 nitrogen and oxygen atoms in total. The minimum absolute atomic E-state index is 0. The van der Waals surface area contributed by atoms with E-state index >= 15 is 0 Å². The van der Waals surface area contributed by atoms with Crippen molar-refractivity contribution in [3.8, 4) is 0 Å². The molecule has 1 aliphatic heterocycles. The predicted octanol–water partition coefficient (Wildman–Crippen LogP) is 3.91. The molecule has 1 aromatic heterocycles. The maximum atomic E-state index is 13.8. The topological polar surface area (TPSA) is 28.2 Å². The highest BCUT2D eigenvalue weighted by Gasteiger charge is 2.22. The molecule has 1 aliphatic rings. The van der Waals surface area contributed by atoms with Crippen LogP contribution in [0.1, 0.15) is 12.0 Å². The number of hydrogen-bond acceptors (Lipinski definition) is 3. The Morgan fingerprint density at radius 2 is 2.09 bits per heavy atom. The van der Waals surface area contributed by atoms with Crippen LogP contribution in [0.2, 0.25) is 0 Å². The second kappa shape index (κ2) is 8.04. The number of aromatic nitrogens is 1. The van der Waals surface area contributed by atoms with Crippen molar-refractivity contribution in [2.75, 3.05) is 18.0 Å². The van der Waals surface area contributed by atoms with Gasteiger partial charge >= 0.3 is 0 Å². The van der Waals surface area contributed by atoms with E-state index < -0.39 is 5.95 Å². The van der Waals surface area contributed by atoms with Crippen LogP contribution < -0.4 is 10.2 Å². The van der Waals surface area contributed by atoms with Gasteiger partial charge in [-0.25, -0.2) is 9.37 Å². The summed E-state index contributed by atoms with van der Waals surface area (Å²) >= 11 is 3.25. The van der Waals surface area contributed by atoms with E-state index in [1.165, 1.54) is 12.1 Å². The summed E-state index contributed by atoms with van der Waals surface area (Å²) in [5.74, 6) is -0.678. The van der Waals surface area contributed by atoms with Gasteiger partial charge in [0.1, 0.15) is 5.82 Å². The zero-order chi connectivity index (χ0) is 15.5. The van der Waals surface area contributed by atoms with E-state index in [4.69, 9.17) is 0 Å². The lowest BCUT2D eigenvalue weighted by molar-refractivity contribution is 0.529. The number of nitrogens with one attached hydrogen (secondary N) is 1. The van der Waals surface area contributed by atoms with Crippen molar-refractivity contribution in [3.63, 3.8) is 0 Å². The number of benzene rings is 1. The third kappa shape index (κ3) is 4.62. The van der Waals surface area contributed by atoms with Gasteiger partial charge in [-0.15, -0.1) is 12.4 Å². The third-order valence-corrected chi connectivity index (χ3v) is 4.35. The lowest BCUT2D eigenvalue weighted by Gasteiger charge is -2.18. The molecule has 0 spiro atoms. The SMILES string of the molecule is Cl.Fc1ccc(N2CCC(NCc3ccc(Br)cc3F)C2)cn1. The van der Waals surface area contributed by atoms with Gasteiger partial charge < -0.3 is 10.2 Å². The molecule has 7 heteroatoms. The van der Waals surface area contributed by atoms with Gasteiger partial charge in [0.15, 0.2) is 0 Å². The Labute approximate surface area is 148 Å². The molecule has 3 rings (SSSR count). The quantitative estimate of drug-likeness (QED) is 0.783. The van der Waals surface area contributed by atoms with Gasteiger partial charge in [-0.05, 0) is 30.7 Å². The average molecular weight is 405 g/mol. The minimum Gasteiger partial charge on any atom is -0.369 e. The zero-order valence-corrected chi connectivity index (χ0v) is 14.7. The van der Waals surface area contributed by atoms with Crippen molar-refractivity contribution >= 4 is 34.0 Å². The molecule has 2 heterocycles. The molecule has 1 saturated heterocycles. The van der Waals surface area contributed by atoms with Crippen molar-refractivity contribution < 1.29 is 8.78 Å². The van der Waals surface area contributed by atoms with Crippen molar-refractivity contribution in [1.82, 2.24) is 10.3 Å². The largest absolute Gasteiger partial charge is 0.369 e. The van der Waals surface area contributed by atoms with Crippen molar-refractivity contribution in [2.45, 2.75) is 19.0 Å². The van der Waals surface area contributed by atoms with Crippen LogP contribution in [0.4, 0.5) is 14.5 Å². The molecule has 0 amide bonds. The lowest BCUT2D eigenvalue weighted by atomic mass is 10.2. The first-order valence-corrected chi connectivity index (χ1v) is 7.95. The number of halogens is 4. The Balaban J connectivity index is 0.00000192. The predicted molar refractivity (Wildman–Crippen MR) is 93.0 cm³/mol. The summed E-state index contributed by atoms with van der Waals surface area (Å²) < 4.78 is 27.4. The summed E-state index contributed by atoms with van der Waals surface area (Å²) in [6.45, 7) is 2.19. The van der Waals surface area contributed by atoms with Gasteiger partial charge in [0.25, 0.3) is 0 Å². The van der Waals surface area contributed by atoms with E-state index in [9.17, 15) is 8.78 Å². The Hall–Kier alpha value is -1.24. The standard InChI is InChI=1S/C16H16BrF2N3.ClH/c17-12-2-1-11(15(18)7-12)8-20-13-5-6-22(10-13)14-3-4-16(19)21-9-14;/h1-4,7,9,13,20H,5-6,8,10H2;1H. The van der Waals surface area contributed by atoms with Crippen molar-refractivity contribution in [1.29, 1.82) is 0 Å². The minimum atomic E-state index is -0.469. The van der Waals surface area contributed by atoms with E-state index in [1.54, 1.807) is 18.3 Å². The second-order valence-corrected chi connectivity index (χ2v) is 6.30. The van der Waals surface area contributed by atoms with Gasteiger partial charge in [0.05, 0.1) is 11.9 Å². The summed E-state index contributed by atoms with van der Waals surface area (Å²) in [7, 11) is 0. The van der Waals surface area contributed by atoms with Gasteiger partial charge in [-0.3, -0.25) is 0 Å². The van der Waals surface area contributed by atoms with Crippen LogP contribution in [0.25, 0.3) is 0 Å². The fourth-order valence-corrected chi connectivity index (χ4v) is 2.97. The fraction of sp³-hybridized carbons (Fsp3) is 0.312. The Bertz CT molecular complexity index is 654. The van der Waals surface area contributed by atoms with Crippen LogP contribution in [-0.2, 0) is 6.54 Å². The maximum Gasteiger partial charge on any atom is 0.212 e. The molecule has 23 heavy (non-hydrogen) atoms. The number of anilines is 1.